The first-order chi connectivity index (χ1) is 14.8. The van der Waals surface area contributed by atoms with Crippen molar-refractivity contribution in [1.29, 1.82) is 0 Å². The van der Waals surface area contributed by atoms with Crippen LogP contribution < -0.4 is 15.4 Å². The summed E-state index contributed by atoms with van der Waals surface area (Å²) in [6.45, 7) is 6.74. The van der Waals surface area contributed by atoms with Crippen LogP contribution in [0.3, 0.4) is 0 Å². The Labute approximate surface area is 182 Å². The van der Waals surface area contributed by atoms with Crippen LogP contribution in [0.25, 0.3) is 0 Å². The number of aliphatic imine (C=N–C) groups is 1. The van der Waals surface area contributed by atoms with Gasteiger partial charge in [0.1, 0.15) is 5.75 Å². The molecule has 2 aliphatic heterocycles. The van der Waals surface area contributed by atoms with E-state index in [4.69, 9.17) is 4.74 Å². The Morgan fingerprint density at radius 2 is 1.83 bits per heavy atom. The lowest BCUT2D eigenvalue weighted by Gasteiger charge is -2.35. The smallest absolute Gasteiger partial charge is 0.191 e. The average Bonchev–Trinajstić information content (AvgIpc) is 3.55. The summed E-state index contributed by atoms with van der Waals surface area (Å²) in [6.07, 6.45) is 8.06. The number of guanidine groups is 1. The van der Waals surface area contributed by atoms with Crippen LogP contribution in [-0.2, 0) is 0 Å². The molecular formula is C24H39N5O. The highest BCUT2D eigenvalue weighted by Gasteiger charge is 2.34. The second kappa shape index (κ2) is 10.5. The second-order valence-electron chi connectivity index (χ2n) is 9.10. The van der Waals surface area contributed by atoms with Gasteiger partial charge < -0.3 is 20.3 Å². The highest BCUT2D eigenvalue weighted by Crippen LogP contribution is 2.31. The molecule has 2 atom stereocenters. The van der Waals surface area contributed by atoms with Crippen LogP contribution in [-0.4, -0.2) is 75.2 Å². The third kappa shape index (κ3) is 5.67. The lowest BCUT2D eigenvalue weighted by atomic mass is 10.0. The van der Waals surface area contributed by atoms with Crippen LogP contribution in [0.2, 0.25) is 0 Å². The molecule has 4 rings (SSSR count). The van der Waals surface area contributed by atoms with Gasteiger partial charge in [-0.15, -0.1) is 0 Å². The van der Waals surface area contributed by atoms with Crippen LogP contribution in [0.15, 0.2) is 29.3 Å². The highest BCUT2D eigenvalue weighted by molar-refractivity contribution is 5.79. The minimum absolute atomic E-state index is 0.353. The molecule has 0 spiro atoms. The number of nitrogens with zero attached hydrogens (tertiary/aromatic N) is 3. The van der Waals surface area contributed by atoms with Crippen molar-refractivity contribution in [3.05, 3.63) is 29.8 Å². The number of ether oxygens (including phenoxy) is 1. The van der Waals surface area contributed by atoms with Crippen LogP contribution in [0.5, 0.6) is 5.75 Å². The Morgan fingerprint density at radius 3 is 2.50 bits per heavy atom. The lowest BCUT2D eigenvalue weighted by molar-refractivity contribution is 0.164. The Morgan fingerprint density at radius 1 is 1.07 bits per heavy atom. The Kier molecular flexibility index (Phi) is 7.50. The first kappa shape index (κ1) is 21.4. The zero-order valence-electron chi connectivity index (χ0n) is 18.8. The van der Waals surface area contributed by atoms with Gasteiger partial charge in [0.15, 0.2) is 5.96 Å². The SMILES string of the molecule is CN=C(NCC1CCN(C2CC2)C1)NCC(c1ccc(OC)cc1)N1CCCCC1. The van der Waals surface area contributed by atoms with Crippen molar-refractivity contribution in [1.82, 2.24) is 20.4 Å². The zero-order chi connectivity index (χ0) is 20.8. The van der Waals surface area contributed by atoms with E-state index in [1.165, 1.54) is 70.3 Å². The lowest BCUT2D eigenvalue weighted by Crippen LogP contribution is -2.45. The van der Waals surface area contributed by atoms with Gasteiger partial charge in [0, 0.05) is 32.7 Å². The molecule has 2 unspecified atom stereocenters. The normalized spacial score (nSPS) is 24.6. The number of likely N-dealkylation sites (tertiary alicyclic amines) is 2. The van der Waals surface area contributed by atoms with Gasteiger partial charge in [0.05, 0.1) is 13.2 Å². The molecule has 0 amide bonds. The van der Waals surface area contributed by atoms with Gasteiger partial charge in [0.2, 0.25) is 0 Å². The van der Waals surface area contributed by atoms with Crippen LogP contribution in [0, 0.1) is 5.92 Å². The van der Waals surface area contributed by atoms with E-state index in [1.807, 2.05) is 7.05 Å². The van der Waals surface area contributed by atoms with Crippen LogP contribution in [0.1, 0.15) is 50.1 Å². The van der Waals surface area contributed by atoms with E-state index in [9.17, 15) is 0 Å². The molecule has 1 aromatic rings. The van der Waals surface area contributed by atoms with Crippen molar-refractivity contribution in [3.63, 3.8) is 0 Å². The summed E-state index contributed by atoms with van der Waals surface area (Å²) < 4.78 is 5.36. The zero-order valence-corrected chi connectivity index (χ0v) is 18.8. The molecule has 1 aromatic carbocycles. The maximum Gasteiger partial charge on any atom is 0.191 e. The summed E-state index contributed by atoms with van der Waals surface area (Å²) in [5, 5.41) is 7.21. The molecule has 0 radical (unpaired) electrons. The maximum atomic E-state index is 5.36. The first-order valence-electron chi connectivity index (χ1n) is 11.8. The van der Waals surface area contributed by atoms with Crippen molar-refractivity contribution in [2.45, 2.75) is 50.6 Å². The minimum atomic E-state index is 0.353. The Hall–Kier alpha value is -1.79. The highest BCUT2D eigenvalue weighted by atomic mass is 16.5. The van der Waals surface area contributed by atoms with Gasteiger partial charge in [0.25, 0.3) is 0 Å². The predicted molar refractivity (Wildman–Crippen MR) is 123 cm³/mol. The monoisotopic (exact) mass is 413 g/mol. The van der Waals surface area contributed by atoms with Crippen LogP contribution >= 0.6 is 0 Å². The number of hydrogen-bond donors (Lipinski definition) is 2. The Bertz CT molecular complexity index is 681. The molecule has 166 valence electrons. The summed E-state index contributed by atoms with van der Waals surface area (Å²) in [4.78, 5) is 9.80. The second-order valence-corrected chi connectivity index (χ2v) is 9.10. The number of hydrogen-bond acceptors (Lipinski definition) is 4. The molecule has 0 aromatic heterocycles. The fourth-order valence-electron chi connectivity index (χ4n) is 4.97. The van der Waals surface area contributed by atoms with E-state index < -0.39 is 0 Å². The topological polar surface area (TPSA) is 52.1 Å². The molecule has 6 heteroatoms. The number of methoxy groups -OCH3 is 1. The van der Waals surface area contributed by atoms with Crippen molar-refractivity contribution in [2.24, 2.45) is 10.9 Å². The van der Waals surface area contributed by atoms with Gasteiger partial charge >= 0.3 is 0 Å². The molecule has 30 heavy (non-hydrogen) atoms. The van der Waals surface area contributed by atoms with Gasteiger partial charge in [-0.25, -0.2) is 0 Å². The number of benzene rings is 1. The van der Waals surface area contributed by atoms with Crippen LogP contribution in [0.4, 0.5) is 0 Å². The minimum Gasteiger partial charge on any atom is -0.497 e. The van der Waals surface area contributed by atoms with Gasteiger partial charge in [-0.2, -0.15) is 0 Å². The quantitative estimate of drug-likeness (QED) is 0.507. The summed E-state index contributed by atoms with van der Waals surface area (Å²) in [5.74, 6) is 2.58. The van der Waals surface area contributed by atoms with E-state index in [1.54, 1.807) is 7.11 Å². The summed E-state index contributed by atoms with van der Waals surface area (Å²) >= 11 is 0. The van der Waals surface area contributed by atoms with Crippen molar-refractivity contribution in [2.75, 3.05) is 53.4 Å². The molecule has 1 saturated carbocycles. The van der Waals surface area contributed by atoms with Crippen molar-refractivity contribution >= 4 is 5.96 Å². The molecule has 2 N–H and O–H groups in total. The molecule has 2 heterocycles. The predicted octanol–water partition coefficient (Wildman–Crippen LogP) is 2.87. The number of nitrogens with one attached hydrogen (secondary N) is 2. The standard InChI is InChI=1S/C24H39N5O/c1-25-24(26-16-19-12-15-29(18-19)21-8-9-21)27-17-23(28-13-4-3-5-14-28)20-6-10-22(30-2)11-7-20/h6-7,10-11,19,21,23H,3-5,8-9,12-18H2,1-2H3,(H2,25,26,27). The molecule has 2 saturated heterocycles. The third-order valence-electron chi connectivity index (χ3n) is 6.96. The van der Waals surface area contributed by atoms with Crippen molar-refractivity contribution in [3.8, 4) is 5.75 Å². The molecule has 6 nitrogen and oxygen atoms in total. The van der Waals surface area contributed by atoms with E-state index in [2.05, 4.69) is 49.7 Å². The largest absolute Gasteiger partial charge is 0.497 e. The fourth-order valence-corrected chi connectivity index (χ4v) is 4.97. The van der Waals surface area contributed by atoms with E-state index >= 15 is 0 Å². The maximum absolute atomic E-state index is 5.36. The van der Waals surface area contributed by atoms with Gasteiger partial charge in [-0.3, -0.25) is 9.89 Å². The molecule has 3 fully saturated rings. The van der Waals surface area contributed by atoms with E-state index in [0.29, 0.717) is 6.04 Å². The average molecular weight is 414 g/mol. The van der Waals surface area contributed by atoms with Gasteiger partial charge in [-0.1, -0.05) is 18.6 Å². The Balaban J connectivity index is 1.31. The third-order valence-corrected chi connectivity index (χ3v) is 6.96. The summed E-state index contributed by atoms with van der Waals surface area (Å²) in [6, 6.07) is 9.81. The van der Waals surface area contributed by atoms with Gasteiger partial charge in [-0.05, 0) is 75.4 Å². The molecule has 0 bridgehead atoms. The summed E-state index contributed by atoms with van der Waals surface area (Å²) in [5.41, 5.74) is 1.34. The number of rotatable bonds is 8. The molecule has 1 aliphatic carbocycles. The van der Waals surface area contributed by atoms with E-state index in [-0.39, 0.29) is 0 Å². The molecule has 3 aliphatic rings. The van der Waals surface area contributed by atoms with E-state index in [0.717, 1.165) is 36.8 Å². The fraction of sp³-hybridized carbons (Fsp3) is 0.708. The molecular weight excluding hydrogens is 374 g/mol. The number of piperidine rings is 1. The summed E-state index contributed by atoms with van der Waals surface area (Å²) in [7, 11) is 3.60. The first-order valence-corrected chi connectivity index (χ1v) is 11.8. The van der Waals surface area contributed by atoms with Crippen molar-refractivity contribution < 1.29 is 4.74 Å².